The van der Waals surface area contributed by atoms with E-state index < -0.39 is 14.9 Å². The molecule has 0 saturated carbocycles. The lowest BCUT2D eigenvalue weighted by atomic mass is 10.2. The van der Waals surface area contributed by atoms with E-state index in [0.29, 0.717) is 16.9 Å². The number of sulfonamides is 1. The lowest BCUT2D eigenvalue weighted by Crippen LogP contribution is -2.23. The summed E-state index contributed by atoms with van der Waals surface area (Å²) in [5.74, 6) is 0.269. The van der Waals surface area contributed by atoms with Crippen molar-refractivity contribution in [3.05, 3.63) is 99.4 Å². The van der Waals surface area contributed by atoms with E-state index in [1.807, 2.05) is 0 Å². The van der Waals surface area contributed by atoms with Crippen molar-refractivity contribution in [1.29, 1.82) is 0 Å². The molecule has 0 saturated heterocycles. The van der Waals surface area contributed by atoms with Gasteiger partial charge >= 0.3 is 0 Å². The van der Waals surface area contributed by atoms with Gasteiger partial charge in [-0.2, -0.15) is 0 Å². The Balaban J connectivity index is 1.61. The average molecular weight is 430 g/mol. The molecule has 9 heteroatoms. The number of aryl methyl sites for hydroxylation is 1. The summed E-state index contributed by atoms with van der Waals surface area (Å²) < 4.78 is 45.9. The van der Waals surface area contributed by atoms with Crippen LogP contribution >= 0.6 is 0 Å². The van der Waals surface area contributed by atoms with Crippen LogP contribution in [0, 0.1) is 22.9 Å². The zero-order chi connectivity index (χ0) is 21.7. The predicted octanol–water partition coefficient (Wildman–Crippen LogP) is 4.10. The van der Waals surface area contributed by atoms with Gasteiger partial charge in [-0.3, -0.25) is 10.1 Å². The lowest BCUT2D eigenvalue weighted by Gasteiger charge is -2.09. The van der Waals surface area contributed by atoms with E-state index in [1.165, 1.54) is 24.3 Å². The summed E-state index contributed by atoms with van der Waals surface area (Å²) in [7, 11) is -3.91. The zero-order valence-corrected chi connectivity index (χ0v) is 16.9. The molecule has 7 nitrogen and oxygen atoms in total. The molecule has 0 radical (unpaired) electrons. The van der Waals surface area contributed by atoms with Crippen molar-refractivity contribution in [2.45, 2.75) is 25.0 Å². The molecule has 0 fully saturated rings. The summed E-state index contributed by atoms with van der Waals surface area (Å²) in [4.78, 5) is 10.3. The van der Waals surface area contributed by atoms with E-state index in [9.17, 15) is 22.9 Å². The Kier molecular flexibility index (Phi) is 6.43. The summed E-state index contributed by atoms with van der Waals surface area (Å²) in [6, 6.07) is 16.6. The van der Waals surface area contributed by atoms with Crippen LogP contribution in [-0.2, 0) is 23.2 Å². The van der Waals surface area contributed by atoms with Gasteiger partial charge in [0.05, 0.1) is 9.82 Å². The maximum atomic E-state index is 12.9. The second-order valence-corrected chi connectivity index (χ2v) is 8.36. The second kappa shape index (κ2) is 9.02. The lowest BCUT2D eigenvalue weighted by molar-refractivity contribution is -0.385. The van der Waals surface area contributed by atoms with Crippen molar-refractivity contribution in [2.75, 3.05) is 0 Å². The van der Waals surface area contributed by atoms with Gasteiger partial charge in [-0.25, -0.2) is 17.5 Å². The fourth-order valence-electron chi connectivity index (χ4n) is 2.67. The number of hydrogen-bond acceptors (Lipinski definition) is 5. The molecule has 3 aromatic rings. The number of nitrogens with zero attached hydrogens (tertiary/aromatic N) is 1. The third-order valence-corrected chi connectivity index (χ3v) is 5.79. The monoisotopic (exact) mass is 430 g/mol. The van der Waals surface area contributed by atoms with E-state index in [2.05, 4.69) is 4.72 Å². The number of ether oxygens (including phenoxy) is 1. The van der Waals surface area contributed by atoms with E-state index >= 15 is 0 Å². The summed E-state index contributed by atoms with van der Waals surface area (Å²) in [5, 5.41) is 11.0. The van der Waals surface area contributed by atoms with Crippen LogP contribution in [0.3, 0.4) is 0 Å². The maximum Gasteiger partial charge on any atom is 0.273 e. The van der Waals surface area contributed by atoms with E-state index in [-0.39, 0.29) is 29.6 Å². The summed E-state index contributed by atoms with van der Waals surface area (Å²) in [6.07, 6.45) is 0. The minimum atomic E-state index is -3.91. The molecular weight excluding hydrogens is 411 g/mol. The van der Waals surface area contributed by atoms with Crippen LogP contribution in [0.15, 0.2) is 71.6 Å². The van der Waals surface area contributed by atoms with Gasteiger partial charge in [0.2, 0.25) is 10.0 Å². The fourth-order valence-corrected chi connectivity index (χ4v) is 3.70. The second-order valence-electron chi connectivity index (χ2n) is 6.59. The van der Waals surface area contributed by atoms with Crippen LogP contribution in [0.2, 0.25) is 0 Å². The molecule has 0 heterocycles. The molecule has 0 aliphatic rings. The SMILES string of the molecule is Cc1ccc(S(=O)(=O)NCc2ccc(OCc3ccc(F)cc3)cc2)cc1[N+](=O)[O-]. The molecule has 156 valence electrons. The summed E-state index contributed by atoms with van der Waals surface area (Å²) in [5.41, 5.74) is 1.64. The molecule has 0 aliphatic heterocycles. The van der Waals surface area contributed by atoms with Gasteiger partial charge in [0.1, 0.15) is 18.2 Å². The maximum absolute atomic E-state index is 12.9. The van der Waals surface area contributed by atoms with Crippen LogP contribution in [0.1, 0.15) is 16.7 Å². The normalized spacial score (nSPS) is 11.3. The third-order valence-electron chi connectivity index (χ3n) is 4.40. The third kappa shape index (κ3) is 5.40. The Labute approximate surface area is 173 Å². The standard InChI is InChI=1S/C21H19FN2O5S/c1-15-2-11-20(12-21(15)24(25)26)30(27,28)23-13-16-5-9-19(10-6-16)29-14-17-3-7-18(22)8-4-17/h2-12,23H,13-14H2,1H3. The van der Waals surface area contributed by atoms with Gasteiger partial charge in [0, 0.05) is 18.2 Å². The molecule has 0 spiro atoms. The molecule has 1 N–H and O–H groups in total. The van der Waals surface area contributed by atoms with Crippen LogP contribution < -0.4 is 9.46 Å². The van der Waals surface area contributed by atoms with Crippen LogP contribution in [-0.4, -0.2) is 13.3 Å². The topological polar surface area (TPSA) is 98.5 Å². The molecule has 0 bridgehead atoms. The van der Waals surface area contributed by atoms with Crippen molar-refractivity contribution in [2.24, 2.45) is 0 Å². The molecule has 30 heavy (non-hydrogen) atoms. The highest BCUT2D eigenvalue weighted by Crippen LogP contribution is 2.22. The number of nitro benzene ring substituents is 1. The highest BCUT2D eigenvalue weighted by Gasteiger charge is 2.19. The molecule has 3 rings (SSSR count). The van der Waals surface area contributed by atoms with E-state index in [1.54, 1.807) is 43.3 Å². The Hall–Kier alpha value is -3.30. The van der Waals surface area contributed by atoms with Gasteiger partial charge in [-0.1, -0.05) is 30.3 Å². The smallest absolute Gasteiger partial charge is 0.273 e. The first-order valence-corrected chi connectivity index (χ1v) is 10.4. The Bertz CT molecular complexity index is 1150. The van der Waals surface area contributed by atoms with Crippen molar-refractivity contribution >= 4 is 15.7 Å². The molecule has 0 aliphatic carbocycles. The molecular formula is C21H19FN2O5S. The predicted molar refractivity (Wildman–Crippen MR) is 109 cm³/mol. The highest BCUT2D eigenvalue weighted by atomic mass is 32.2. The highest BCUT2D eigenvalue weighted by molar-refractivity contribution is 7.89. The Morgan fingerprint density at radius 2 is 1.63 bits per heavy atom. The molecule has 0 unspecified atom stereocenters. The average Bonchev–Trinajstić information content (AvgIpc) is 2.72. The fraction of sp³-hybridized carbons (Fsp3) is 0.143. The molecule has 0 atom stereocenters. The van der Waals surface area contributed by atoms with Crippen molar-refractivity contribution < 1.29 is 22.5 Å². The van der Waals surface area contributed by atoms with Gasteiger partial charge in [0.25, 0.3) is 5.69 Å². The summed E-state index contributed by atoms with van der Waals surface area (Å²) >= 11 is 0. The van der Waals surface area contributed by atoms with Gasteiger partial charge in [0.15, 0.2) is 0 Å². The number of nitro groups is 1. The number of nitrogens with one attached hydrogen (secondary N) is 1. The quantitative estimate of drug-likeness (QED) is 0.429. The number of hydrogen-bond donors (Lipinski definition) is 1. The van der Waals surface area contributed by atoms with Crippen LogP contribution in [0.5, 0.6) is 5.75 Å². The molecule has 0 aromatic heterocycles. The Morgan fingerprint density at radius 3 is 2.27 bits per heavy atom. The largest absolute Gasteiger partial charge is 0.489 e. The number of benzene rings is 3. The van der Waals surface area contributed by atoms with Gasteiger partial charge in [-0.05, 0) is 48.4 Å². The van der Waals surface area contributed by atoms with E-state index in [4.69, 9.17) is 4.74 Å². The van der Waals surface area contributed by atoms with Crippen molar-refractivity contribution in [3.63, 3.8) is 0 Å². The van der Waals surface area contributed by atoms with Gasteiger partial charge in [-0.15, -0.1) is 0 Å². The van der Waals surface area contributed by atoms with E-state index in [0.717, 1.165) is 11.6 Å². The van der Waals surface area contributed by atoms with Crippen molar-refractivity contribution in [3.8, 4) is 5.75 Å². The first-order chi connectivity index (χ1) is 14.2. The first-order valence-electron chi connectivity index (χ1n) is 8.95. The minimum absolute atomic E-state index is 0.0161. The van der Waals surface area contributed by atoms with Crippen LogP contribution in [0.25, 0.3) is 0 Å². The first kappa shape index (κ1) is 21.4. The Morgan fingerprint density at radius 1 is 1.00 bits per heavy atom. The molecule has 0 amide bonds. The van der Waals surface area contributed by atoms with Crippen LogP contribution in [0.4, 0.5) is 10.1 Å². The van der Waals surface area contributed by atoms with Gasteiger partial charge < -0.3 is 4.74 Å². The zero-order valence-electron chi connectivity index (χ0n) is 16.0. The van der Waals surface area contributed by atoms with Crippen molar-refractivity contribution in [1.82, 2.24) is 4.72 Å². The summed E-state index contributed by atoms with van der Waals surface area (Å²) in [6.45, 7) is 1.84. The minimum Gasteiger partial charge on any atom is -0.489 e. The number of rotatable bonds is 8. The molecule has 3 aromatic carbocycles. The number of halogens is 1.